The summed E-state index contributed by atoms with van der Waals surface area (Å²) < 4.78 is 0. The van der Waals surface area contributed by atoms with Crippen LogP contribution in [0.2, 0.25) is 0 Å². The summed E-state index contributed by atoms with van der Waals surface area (Å²) in [5.41, 5.74) is 2.70. The van der Waals surface area contributed by atoms with E-state index < -0.39 is 0 Å². The van der Waals surface area contributed by atoms with Gasteiger partial charge in [-0.2, -0.15) is 84.9 Å². The number of benzene rings is 4. The van der Waals surface area contributed by atoms with Crippen molar-refractivity contribution < 1.29 is 19.2 Å². The third kappa shape index (κ3) is 13.1. The largest absolute Gasteiger partial charge is 0.184 e. The van der Waals surface area contributed by atoms with E-state index >= 15 is 0 Å². The number of hydrogen-bond acceptors (Lipinski definition) is 0. The van der Waals surface area contributed by atoms with Crippen molar-refractivity contribution in [3.63, 3.8) is 0 Å². The molecule has 0 N–H and O–H groups in total. The average Bonchev–Trinajstić information content (AvgIpc) is 3.49. The summed E-state index contributed by atoms with van der Waals surface area (Å²) in [6.07, 6.45) is 0. The molecule has 0 heterocycles. The molecule has 0 atom stereocenters. The van der Waals surface area contributed by atoms with Crippen LogP contribution in [0.1, 0.15) is 11.1 Å². The SMILES string of the molecule is Cc1cc2ccccc2[cH-]1.Cc1cc2ccccc2[cH-]1.Cl.Cl.[Si]=[Ti].[c-]1ccccc1.[c-]1ccccc1. The summed E-state index contributed by atoms with van der Waals surface area (Å²) >= 11 is 1.81. The maximum Gasteiger partial charge on any atom is -0.171 e. The summed E-state index contributed by atoms with van der Waals surface area (Å²) in [4.78, 5) is 0. The van der Waals surface area contributed by atoms with E-state index in [0.29, 0.717) is 0 Å². The Hall–Kier alpha value is -2.39. The minimum atomic E-state index is 0. The Labute approximate surface area is 242 Å². The second-order valence-corrected chi connectivity index (χ2v) is 7.48. The molecular formula is C32H30Cl2SiTi-4. The Bertz CT molecular complexity index is 1090. The Morgan fingerprint density at radius 1 is 0.528 bits per heavy atom. The quantitative estimate of drug-likeness (QED) is 0.128. The van der Waals surface area contributed by atoms with Gasteiger partial charge in [-0.15, -0.1) is 106 Å². The Morgan fingerprint density at radius 2 is 0.861 bits per heavy atom. The van der Waals surface area contributed by atoms with E-state index in [1.165, 1.54) is 32.7 Å². The smallest absolute Gasteiger partial charge is 0.171 e. The van der Waals surface area contributed by atoms with Gasteiger partial charge >= 0.3 is 26.8 Å². The van der Waals surface area contributed by atoms with E-state index in [4.69, 9.17) is 0 Å². The maximum atomic E-state index is 2.97. The van der Waals surface area contributed by atoms with Crippen molar-refractivity contribution in [2.75, 3.05) is 0 Å². The Morgan fingerprint density at radius 3 is 1.11 bits per heavy atom. The molecule has 0 aromatic heterocycles. The number of hydrogen-bond donors (Lipinski definition) is 0. The van der Waals surface area contributed by atoms with E-state index in [-0.39, 0.29) is 24.8 Å². The average molecular weight is 561 g/mol. The molecule has 4 heteroatoms. The molecular weight excluding hydrogens is 531 g/mol. The van der Waals surface area contributed by atoms with Gasteiger partial charge in [0.1, 0.15) is 0 Å². The van der Waals surface area contributed by atoms with Crippen molar-refractivity contribution >= 4 is 54.0 Å². The second kappa shape index (κ2) is 20.8. The van der Waals surface area contributed by atoms with Gasteiger partial charge in [0.05, 0.1) is 0 Å². The zero-order valence-electron chi connectivity index (χ0n) is 20.5. The van der Waals surface area contributed by atoms with Crippen molar-refractivity contribution in [1.29, 1.82) is 0 Å². The molecule has 6 aromatic rings. The van der Waals surface area contributed by atoms with Crippen LogP contribution in [0.5, 0.6) is 0 Å². The van der Waals surface area contributed by atoms with Gasteiger partial charge in [-0.05, 0) is 0 Å². The van der Waals surface area contributed by atoms with Gasteiger partial charge in [0, 0.05) is 0 Å². The van der Waals surface area contributed by atoms with Crippen molar-refractivity contribution in [3.8, 4) is 0 Å². The molecule has 0 saturated heterocycles. The van der Waals surface area contributed by atoms with Gasteiger partial charge in [0.15, 0.2) is 0 Å². The molecule has 0 bridgehead atoms. The van der Waals surface area contributed by atoms with E-state index in [1.807, 2.05) is 60.7 Å². The first-order valence-corrected chi connectivity index (χ1v) is 13.9. The third-order valence-corrected chi connectivity index (χ3v) is 4.74. The minimum Gasteiger partial charge on any atom is -0.184 e. The first kappa shape index (κ1) is 33.6. The van der Waals surface area contributed by atoms with Crippen LogP contribution >= 0.6 is 24.8 Å². The summed E-state index contributed by atoms with van der Waals surface area (Å²) in [5.74, 6) is 0. The fourth-order valence-electron chi connectivity index (χ4n) is 3.30. The molecule has 6 aromatic carbocycles. The Balaban J connectivity index is 0.000000446. The van der Waals surface area contributed by atoms with Crippen LogP contribution in [-0.4, -0.2) is 7.63 Å². The van der Waals surface area contributed by atoms with Gasteiger partial charge < -0.3 is 0 Å². The standard InChI is InChI=1S/2C10H9.2C6H5.2ClH.Si.Ti/c2*1-8-6-9-4-2-3-5-10(9)7-8;2*1-2-4-6-5-3-1;;;;/h2*2-7H,1H3;2*1-5H;2*1H;;/q4*-1;;;;. The molecule has 184 valence electrons. The normalized spacial score (nSPS) is 8.58. The van der Waals surface area contributed by atoms with Crippen LogP contribution in [0.15, 0.2) is 133 Å². The fraction of sp³-hybridized carbons (Fsp3) is 0.0625. The van der Waals surface area contributed by atoms with E-state index in [0.717, 1.165) is 0 Å². The van der Waals surface area contributed by atoms with Crippen LogP contribution in [0.25, 0.3) is 21.5 Å². The zero-order valence-corrected chi connectivity index (χ0v) is 24.7. The molecule has 2 radical (unpaired) electrons. The minimum absolute atomic E-state index is 0. The molecule has 0 amide bonds. The van der Waals surface area contributed by atoms with Crippen molar-refractivity contribution in [2.45, 2.75) is 13.8 Å². The van der Waals surface area contributed by atoms with Gasteiger partial charge in [0.2, 0.25) is 0 Å². The molecule has 6 rings (SSSR count). The molecule has 0 aliphatic rings. The van der Waals surface area contributed by atoms with Crippen LogP contribution in [-0.2, 0) is 19.2 Å². The molecule has 0 aliphatic heterocycles. The van der Waals surface area contributed by atoms with Gasteiger partial charge in [0.25, 0.3) is 0 Å². The summed E-state index contributed by atoms with van der Waals surface area (Å²) in [6.45, 7) is 4.25. The number of fused-ring (bicyclic) bond motifs is 2. The van der Waals surface area contributed by atoms with Gasteiger partial charge in [-0.25, -0.2) is 0 Å². The summed E-state index contributed by atoms with van der Waals surface area (Å²) in [5, 5.41) is 5.39. The van der Waals surface area contributed by atoms with Crippen LogP contribution < -0.4 is 0 Å². The monoisotopic (exact) mass is 560 g/mol. The topological polar surface area (TPSA) is 0 Å². The number of rotatable bonds is 0. The second-order valence-electron chi connectivity index (χ2n) is 7.48. The molecule has 0 fully saturated rings. The molecule has 0 saturated carbocycles. The van der Waals surface area contributed by atoms with E-state index in [9.17, 15) is 0 Å². The molecule has 0 unspecified atom stereocenters. The predicted octanol–water partition coefficient (Wildman–Crippen LogP) is 9.17. The summed E-state index contributed by atoms with van der Waals surface area (Å²) in [7, 11) is 2.97. The summed E-state index contributed by atoms with van der Waals surface area (Å²) in [6, 6.07) is 50.7. The van der Waals surface area contributed by atoms with E-state index in [2.05, 4.69) is 106 Å². The number of halogens is 2. The first-order chi connectivity index (χ1) is 16.7. The van der Waals surface area contributed by atoms with E-state index in [1.54, 1.807) is 19.2 Å². The van der Waals surface area contributed by atoms with Crippen molar-refractivity contribution in [3.05, 3.63) is 157 Å². The molecule has 0 spiro atoms. The van der Waals surface area contributed by atoms with Crippen LogP contribution in [0.4, 0.5) is 0 Å². The van der Waals surface area contributed by atoms with Crippen molar-refractivity contribution in [2.24, 2.45) is 0 Å². The van der Waals surface area contributed by atoms with Gasteiger partial charge in [-0.3, -0.25) is 0 Å². The van der Waals surface area contributed by atoms with Crippen molar-refractivity contribution in [1.82, 2.24) is 0 Å². The Kier molecular flexibility index (Phi) is 19.4. The predicted molar refractivity (Wildman–Crippen MR) is 159 cm³/mol. The number of aryl methyl sites for hydroxylation is 2. The molecule has 36 heavy (non-hydrogen) atoms. The molecule has 0 nitrogen and oxygen atoms in total. The first-order valence-electron chi connectivity index (χ1n) is 11.0. The molecule has 0 aliphatic carbocycles. The zero-order chi connectivity index (χ0) is 24.4. The fourth-order valence-corrected chi connectivity index (χ4v) is 3.30. The van der Waals surface area contributed by atoms with Crippen LogP contribution in [0.3, 0.4) is 0 Å². The van der Waals surface area contributed by atoms with Crippen LogP contribution in [0, 0.1) is 26.0 Å². The third-order valence-electron chi connectivity index (χ3n) is 4.74. The van der Waals surface area contributed by atoms with Gasteiger partial charge in [-0.1, -0.05) is 26.0 Å². The maximum absolute atomic E-state index is 2.97.